The van der Waals surface area contributed by atoms with E-state index in [-0.39, 0.29) is 11.4 Å². The number of amides is 1. The summed E-state index contributed by atoms with van der Waals surface area (Å²) in [6, 6.07) is 19.1. The molecule has 2 heterocycles. The van der Waals surface area contributed by atoms with Crippen molar-refractivity contribution in [3.63, 3.8) is 0 Å². The lowest BCUT2D eigenvalue weighted by atomic mass is 10.1. The van der Waals surface area contributed by atoms with Gasteiger partial charge in [0.1, 0.15) is 4.88 Å². The molecule has 8 nitrogen and oxygen atoms in total. The predicted molar refractivity (Wildman–Crippen MR) is 146 cm³/mol. The second kappa shape index (κ2) is 9.96. The lowest BCUT2D eigenvalue weighted by Crippen LogP contribution is -2.21. The minimum Gasteiger partial charge on any atom is -0.494 e. The standard InChI is InChI=1S/C27H20ClN3O5S/c1-35-20-12-11-15(13-21(20)36-2)31-26(33)17-8-4-3-7-16(17)19(27(31)34)14-29-30-25(32)24-23(28)18-9-5-6-10-22(18)37-24/h3-14,34H,1-2H3,(H,30,32)/b29-14+. The molecule has 1 amide bonds. The van der Waals surface area contributed by atoms with Gasteiger partial charge in [0.25, 0.3) is 11.5 Å². The zero-order valence-corrected chi connectivity index (χ0v) is 21.3. The zero-order chi connectivity index (χ0) is 26.1. The van der Waals surface area contributed by atoms with Crippen molar-refractivity contribution in [3.8, 4) is 23.1 Å². The maximum absolute atomic E-state index is 13.3. The Bertz CT molecular complexity index is 1760. The summed E-state index contributed by atoms with van der Waals surface area (Å²) in [4.78, 5) is 26.5. The molecule has 3 aromatic carbocycles. The van der Waals surface area contributed by atoms with E-state index < -0.39 is 11.5 Å². The van der Waals surface area contributed by atoms with Crippen molar-refractivity contribution < 1.29 is 19.4 Å². The minimum atomic E-state index is -0.487. The van der Waals surface area contributed by atoms with Crippen LogP contribution in [0.4, 0.5) is 0 Å². The van der Waals surface area contributed by atoms with Crippen LogP contribution in [0.3, 0.4) is 0 Å². The fourth-order valence-corrected chi connectivity index (χ4v) is 5.47. The molecular formula is C27H20ClN3O5S. The molecule has 0 fully saturated rings. The van der Waals surface area contributed by atoms with E-state index in [9.17, 15) is 14.7 Å². The molecular weight excluding hydrogens is 514 g/mol. The van der Waals surface area contributed by atoms with Crippen LogP contribution in [0.1, 0.15) is 15.2 Å². The first kappa shape index (κ1) is 24.4. The van der Waals surface area contributed by atoms with Gasteiger partial charge in [-0.2, -0.15) is 5.10 Å². The molecule has 10 heteroatoms. The van der Waals surface area contributed by atoms with Crippen molar-refractivity contribution in [2.24, 2.45) is 5.10 Å². The number of fused-ring (bicyclic) bond motifs is 2. The fourth-order valence-electron chi connectivity index (χ4n) is 4.06. The van der Waals surface area contributed by atoms with Gasteiger partial charge in [-0.25, -0.2) is 9.99 Å². The summed E-state index contributed by atoms with van der Waals surface area (Å²) in [5.41, 5.74) is 2.64. The van der Waals surface area contributed by atoms with E-state index in [2.05, 4.69) is 10.5 Å². The van der Waals surface area contributed by atoms with E-state index in [1.165, 1.54) is 31.8 Å². The molecule has 0 radical (unpaired) electrons. The number of benzene rings is 3. The van der Waals surface area contributed by atoms with Crippen LogP contribution in [0, 0.1) is 0 Å². The van der Waals surface area contributed by atoms with Crippen molar-refractivity contribution in [3.05, 3.63) is 92.5 Å². The van der Waals surface area contributed by atoms with E-state index in [1.807, 2.05) is 24.3 Å². The van der Waals surface area contributed by atoms with Crippen LogP contribution in [0.25, 0.3) is 26.5 Å². The highest BCUT2D eigenvalue weighted by molar-refractivity contribution is 7.21. The number of thiophene rings is 1. The van der Waals surface area contributed by atoms with E-state index in [4.69, 9.17) is 21.1 Å². The predicted octanol–water partition coefficient (Wildman–Crippen LogP) is 5.35. The molecule has 0 aliphatic heterocycles. The van der Waals surface area contributed by atoms with Crippen LogP contribution < -0.4 is 20.5 Å². The first-order valence-corrected chi connectivity index (χ1v) is 12.2. The first-order chi connectivity index (χ1) is 17.9. The van der Waals surface area contributed by atoms with E-state index >= 15 is 0 Å². The van der Waals surface area contributed by atoms with Crippen LogP contribution in [-0.2, 0) is 0 Å². The van der Waals surface area contributed by atoms with Crippen molar-refractivity contribution in [1.82, 2.24) is 9.99 Å². The third kappa shape index (κ3) is 4.28. The number of halogens is 1. The van der Waals surface area contributed by atoms with Crippen molar-refractivity contribution in [1.29, 1.82) is 0 Å². The molecule has 0 spiro atoms. The van der Waals surface area contributed by atoms with Gasteiger partial charge in [0.05, 0.1) is 36.7 Å². The highest BCUT2D eigenvalue weighted by Gasteiger charge is 2.19. The largest absolute Gasteiger partial charge is 0.494 e. The Hall–Kier alpha value is -4.34. The molecule has 0 bridgehead atoms. The molecule has 0 saturated carbocycles. The number of ether oxygens (including phenoxy) is 2. The van der Waals surface area contributed by atoms with E-state index in [1.54, 1.807) is 42.5 Å². The number of rotatable bonds is 6. The second-order valence-electron chi connectivity index (χ2n) is 7.90. The quantitative estimate of drug-likeness (QED) is 0.226. The molecule has 2 aromatic heterocycles. The van der Waals surface area contributed by atoms with Gasteiger partial charge in [-0.15, -0.1) is 11.3 Å². The number of hydrogen-bond acceptors (Lipinski definition) is 7. The molecule has 186 valence electrons. The van der Waals surface area contributed by atoms with Crippen LogP contribution in [0.5, 0.6) is 17.4 Å². The van der Waals surface area contributed by atoms with Crippen molar-refractivity contribution in [2.45, 2.75) is 0 Å². The lowest BCUT2D eigenvalue weighted by molar-refractivity contribution is 0.0959. The molecule has 0 unspecified atom stereocenters. The Morgan fingerprint density at radius 2 is 1.68 bits per heavy atom. The number of carbonyl (C=O) groups is 1. The average molecular weight is 534 g/mol. The lowest BCUT2D eigenvalue weighted by Gasteiger charge is -2.15. The zero-order valence-electron chi connectivity index (χ0n) is 19.7. The molecule has 0 aliphatic rings. The summed E-state index contributed by atoms with van der Waals surface area (Å²) < 4.78 is 12.7. The van der Waals surface area contributed by atoms with Crippen molar-refractivity contribution >= 4 is 55.9 Å². The third-order valence-corrected chi connectivity index (χ3v) is 7.50. The number of nitrogens with one attached hydrogen (secondary N) is 1. The number of aromatic hydroxyl groups is 1. The van der Waals surface area contributed by atoms with Gasteiger partial charge in [-0.05, 0) is 24.3 Å². The number of pyridine rings is 1. The molecule has 0 atom stereocenters. The Morgan fingerprint density at radius 3 is 2.38 bits per heavy atom. The van der Waals surface area contributed by atoms with Crippen LogP contribution >= 0.6 is 22.9 Å². The summed E-state index contributed by atoms with van der Waals surface area (Å²) in [5.74, 6) is 0.0272. The summed E-state index contributed by atoms with van der Waals surface area (Å²) in [7, 11) is 2.99. The molecule has 37 heavy (non-hydrogen) atoms. The van der Waals surface area contributed by atoms with Crippen LogP contribution in [-0.4, -0.2) is 36.0 Å². The summed E-state index contributed by atoms with van der Waals surface area (Å²) >= 11 is 7.66. The number of hydrazone groups is 1. The highest BCUT2D eigenvalue weighted by Crippen LogP contribution is 2.35. The fraction of sp³-hybridized carbons (Fsp3) is 0.0741. The number of aromatic nitrogens is 1. The monoisotopic (exact) mass is 533 g/mol. The minimum absolute atomic E-state index is 0.243. The SMILES string of the molecule is COc1ccc(-n2c(O)c(/C=N/NC(=O)c3sc4ccccc4c3Cl)c3ccccc3c2=O)cc1OC. The Kier molecular flexibility index (Phi) is 6.56. The van der Waals surface area contributed by atoms with Gasteiger partial charge in [0.15, 0.2) is 11.5 Å². The van der Waals surface area contributed by atoms with Crippen LogP contribution in [0.15, 0.2) is 76.6 Å². The second-order valence-corrected chi connectivity index (χ2v) is 9.33. The molecule has 2 N–H and O–H groups in total. The molecule has 0 saturated heterocycles. The van der Waals surface area contributed by atoms with Gasteiger partial charge in [-0.1, -0.05) is 48.0 Å². The Balaban J connectivity index is 1.57. The number of carbonyl (C=O) groups excluding carboxylic acids is 1. The summed E-state index contributed by atoms with van der Waals surface area (Å²) in [5, 5.41) is 17.2. The number of hydrogen-bond donors (Lipinski definition) is 2. The van der Waals surface area contributed by atoms with Crippen molar-refractivity contribution in [2.75, 3.05) is 14.2 Å². The van der Waals surface area contributed by atoms with E-state index in [0.717, 1.165) is 14.7 Å². The van der Waals surface area contributed by atoms with Gasteiger partial charge < -0.3 is 14.6 Å². The molecule has 5 rings (SSSR count). The smallest absolute Gasteiger partial charge is 0.283 e. The van der Waals surface area contributed by atoms with Crippen LogP contribution in [0.2, 0.25) is 5.02 Å². The Morgan fingerprint density at radius 1 is 1.00 bits per heavy atom. The first-order valence-electron chi connectivity index (χ1n) is 11.0. The van der Waals surface area contributed by atoms with Gasteiger partial charge >= 0.3 is 0 Å². The number of methoxy groups -OCH3 is 2. The van der Waals surface area contributed by atoms with Gasteiger partial charge in [-0.3, -0.25) is 9.59 Å². The molecule has 5 aromatic rings. The average Bonchev–Trinajstić information content (AvgIpc) is 3.27. The normalized spacial score (nSPS) is 11.3. The van der Waals surface area contributed by atoms with Gasteiger partial charge in [0, 0.05) is 26.9 Å². The summed E-state index contributed by atoms with van der Waals surface area (Å²) in [6.45, 7) is 0. The third-order valence-electron chi connectivity index (χ3n) is 5.83. The summed E-state index contributed by atoms with van der Waals surface area (Å²) in [6.07, 6.45) is 1.30. The Labute approximate surface area is 220 Å². The topological polar surface area (TPSA) is 102 Å². The molecule has 0 aliphatic carbocycles. The van der Waals surface area contributed by atoms with Gasteiger partial charge in [0.2, 0.25) is 5.88 Å². The highest BCUT2D eigenvalue weighted by atomic mass is 35.5. The maximum atomic E-state index is 13.3. The van der Waals surface area contributed by atoms with E-state index in [0.29, 0.717) is 37.9 Å². The number of nitrogens with zero attached hydrogens (tertiary/aromatic N) is 2. The maximum Gasteiger partial charge on any atom is 0.283 e.